The van der Waals surface area contributed by atoms with Gasteiger partial charge in [-0.15, -0.1) is 0 Å². The Morgan fingerprint density at radius 1 is 1.59 bits per heavy atom. The van der Waals surface area contributed by atoms with Crippen molar-refractivity contribution in [2.24, 2.45) is 16.6 Å². The molecule has 2 rings (SSSR count). The molecule has 0 bridgehead atoms. The van der Waals surface area contributed by atoms with Crippen LogP contribution >= 0.6 is 11.6 Å². The molecule has 1 aromatic carbocycles. The van der Waals surface area contributed by atoms with Gasteiger partial charge in [-0.05, 0) is 30.5 Å². The molecule has 5 heteroatoms. The number of hydrogen-bond acceptors (Lipinski definition) is 2. The van der Waals surface area contributed by atoms with Crippen LogP contribution in [0.4, 0.5) is 5.69 Å². The highest BCUT2D eigenvalue weighted by Crippen LogP contribution is 2.33. The van der Waals surface area contributed by atoms with Gasteiger partial charge in [0, 0.05) is 5.69 Å². The minimum atomic E-state index is 0.372. The SMILES string of the molecule is COc1ccc(NC(N)=NC2CC2C)cc1Cl. The molecule has 1 aliphatic carbocycles. The molecular formula is C12H16ClN3O. The molecule has 4 nitrogen and oxygen atoms in total. The number of methoxy groups -OCH3 is 1. The number of nitrogens with one attached hydrogen (secondary N) is 1. The fraction of sp³-hybridized carbons (Fsp3) is 0.417. The lowest BCUT2D eigenvalue weighted by Gasteiger charge is -2.08. The van der Waals surface area contributed by atoms with E-state index < -0.39 is 0 Å². The van der Waals surface area contributed by atoms with E-state index in [1.165, 1.54) is 0 Å². The van der Waals surface area contributed by atoms with E-state index in [4.69, 9.17) is 22.1 Å². The van der Waals surface area contributed by atoms with Crippen LogP contribution in [-0.4, -0.2) is 19.1 Å². The van der Waals surface area contributed by atoms with E-state index >= 15 is 0 Å². The fourth-order valence-electron chi connectivity index (χ4n) is 1.59. The van der Waals surface area contributed by atoms with Gasteiger partial charge in [0.05, 0.1) is 18.2 Å². The highest BCUT2D eigenvalue weighted by molar-refractivity contribution is 6.32. The summed E-state index contributed by atoms with van der Waals surface area (Å²) in [5, 5.41) is 3.56. The molecule has 0 spiro atoms. The summed E-state index contributed by atoms with van der Waals surface area (Å²) < 4.78 is 5.07. The average molecular weight is 254 g/mol. The lowest BCUT2D eigenvalue weighted by atomic mass is 10.3. The number of guanidine groups is 1. The Labute approximate surface area is 106 Å². The van der Waals surface area contributed by atoms with Crippen LogP contribution < -0.4 is 15.8 Å². The number of halogens is 1. The summed E-state index contributed by atoms with van der Waals surface area (Å²) in [5.74, 6) is 1.72. The Bertz CT molecular complexity index is 447. The first-order chi connectivity index (χ1) is 8.10. The molecule has 17 heavy (non-hydrogen) atoms. The molecule has 1 aromatic rings. The van der Waals surface area contributed by atoms with E-state index in [0.717, 1.165) is 12.1 Å². The summed E-state index contributed by atoms with van der Waals surface area (Å²) in [4.78, 5) is 4.35. The first kappa shape index (κ1) is 12.0. The summed E-state index contributed by atoms with van der Waals surface area (Å²) in [6.07, 6.45) is 1.12. The van der Waals surface area contributed by atoms with Crippen molar-refractivity contribution in [2.75, 3.05) is 12.4 Å². The van der Waals surface area contributed by atoms with Crippen LogP contribution in [0.5, 0.6) is 5.75 Å². The van der Waals surface area contributed by atoms with Gasteiger partial charge in [0.2, 0.25) is 0 Å². The van der Waals surface area contributed by atoms with Crippen LogP contribution in [0.15, 0.2) is 23.2 Å². The molecule has 0 heterocycles. The summed E-state index contributed by atoms with van der Waals surface area (Å²) >= 11 is 6.01. The maximum absolute atomic E-state index is 6.01. The second-order valence-corrected chi connectivity index (χ2v) is 4.68. The van der Waals surface area contributed by atoms with E-state index in [1.54, 1.807) is 19.2 Å². The molecule has 0 amide bonds. The van der Waals surface area contributed by atoms with Crippen LogP contribution in [0.25, 0.3) is 0 Å². The topological polar surface area (TPSA) is 59.6 Å². The number of rotatable bonds is 3. The second-order valence-electron chi connectivity index (χ2n) is 4.27. The zero-order chi connectivity index (χ0) is 12.4. The van der Waals surface area contributed by atoms with Crippen LogP contribution in [0.2, 0.25) is 5.02 Å². The molecule has 0 saturated heterocycles. The molecule has 1 aliphatic rings. The zero-order valence-corrected chi connectivity index (χ0v) is 10.7. The summed E-state index contributed by atoms with van der Waals surface area (Å²) in [6, 6.07) is 5.77. The Balaban J connectivity index is 2.03. The number of nitrogens with zero attached hydrogens (tertiary/aromatic N) is 1. The summed E-state index contributed by atoms with van der Waals surface area (Å²) in [6.45, 7) is 2.16. The number of nitrogens with two attached hydrogens (primary N) is 1. The van der Waals surface area contributed by atoms with Crippen molar-refractivity contribution in [3.63, 3.8) is 0 Å². The van der Waals surface area contributed by atoms with E-state index in [2.05, 4.69) is 17.2 Å². The lowest BCUT2D eigenvalue weighted by molar-refractivity contribution is 0.415. The van der Waals surface area contributed by atoms with E-state index in [-0.39, 0.29) is 0 Å². The van der Waals surface area contributed by atoms with Gasteiger partial charge in [-0.3, -0.25) is 0 Å². The second kappa shape index (κ2) is 4.84. The average Bonchev–Trinajstić information content (AvgIpc) is 2.94. The predicted octanol–water partition coefficient (Wildman–Crippen LogP) is 2.48. The number of anilines is 1. The Morgan fingerprint density at radius 2 is 2.29 bits per heavy atom. The van der Waals surface area contributed by atoms with Crippen LogP contribution in [0, 0.1) is 5.92 Å². The molecule has 1 fully saturated rings. The minimum Gasteiger partial charge on any atom is -0.495 e. The normalized spacial score (nSPS) is 23.4. The first-order valence-corrected chi connectivity index (χ1v) is 5.92. The maximum atomic E-state index is 6.01. The van der Waals surface area contributed by atoms with Gasteiger partial charge in [-0.1, -0.05) is 18.5 Å². The van der Waals surface area contributed by atoms with Crippen molar-refractivity contribution in [2.45, 2.75) is 19.4 Å². The van der Waals surface area contributed by atoms with Gasteiger partial charge in [-0.25, -0.2) is 4.99 Å². The van der Waals surface area contributed by atoms with E-state index in [1.807, 2.05) is 6.07 Å². The van der Waals surface area contributed by atoms with Gasteiger partial charge in [0.15, 0.2) is 5.96 Å². The fourth-order valence-corrected chi connectivity index (χ4v) is 1.84. The summed E-state index contributed by atoms with van der Waals surface area (Å²) in [5.41, 5.74) is 6.60. The Kier molecular flexibility index (Phi) is 3.43. The molecular weight excluding hydrogens is 238 g/mol. The predicted molar refractivity (Wildman–Crippen MR) is 70.8 cm³/mol. The molecule has 0 aliphatic heterocycles. The van der Waals surface area contributed by atoms with E-state index in [9.17, 15) is 0 Å². The molecule has 0 aromatic heterocycles. The van der Waals surface area contributed by atoms with Crippen LogP contribution in [0.1, 0.15) is 13.3 Å². The molecule has 3 N–H and O–H groups in total. The quantitative estimate of drug-likeness (QED) is 0.643. The van der Waals surface area contributed by atoms with Crippen molar-refractivity contribution >= 4 is 23.2 Å². The van der Waals surface area contributed by atoms with Crippen molar-refractivity contribution in [1.29, 1.82) is 0 Å². The van der Waals surface area contributed by atoms with Crippen molar-refractivity contribution in [3.05, 3.63) is 23.2 Å². The van der Waals surface area contributed by atoms with Gasteiger partial charge in [-0.2, -0.15) is 0 Å². The molecule has 0 radical (unpaired) electrons. The standard InChI is InChI=1S/C12H16ClN3O/c1-7-5-10(7)16-12(14)15-8-3-4-11(17-2)9(13)6-8/h3-4,6-7,10H,5H2,1-2H3,(H3,14,15,16). The number of ether oxygens (including phenoxy) is 1. The molecule has 2 unspecified atom stereocenters. The highest BCUT2D eigenvalue weighted by Gasteiger charge is 2.32. The monoisotopic (exact) mass is 253 g/mol. The number of aliphatic imine (C=N–C) groups is 1. The Hall–Kier alpha value is -1.42. The van der Waals surface area contributed by atoms with Gasteiger partial charge in [0.25, 0.3) is 0 Å². The largest absolute Gasteiger partial charge is 0.495 e. The molecule has 2 atom stereocenters. The summed E-state index contributed by atoms with van der Waals surface area (Å²) in [7, 11) is 1.58. The van der Waals surface area contributed by atoms with Crippen LogP contribution in [-0.2, 0) is 0 Å². The molecule has 1 saturated carbocycles. The van der Waals surface area contributed by atoms with E-state index in [0.29, 0.717) is 28.7 Å². The number of benzene rings is 1. The van der Waals surface area contributed by atoms with Crippen molar-refractivity contribution < 1.29 is 4.74 Å². The smallest absolute Gasteiger partial charge is 0.193 e. The third-order valence-corrected chi connectivity index (χ3v) is 3.09. The third-order valence-electron chi connectivity index (χ3n) is 2.80. The molecule has 92 valence electrons. The highest BCUT2D eigenvalue weighted by atomic mass is 35.5. The van der Waals surface area contributed by atoms with Crippen molar-refractivity contribution in [1.82, 2.24) is 0 Å². The van der Waals surface area contributed by atoms with Crippen LogP contribution in [0.3, 0.4) is 0 Å². The van der Waals surface area contributed by atoms with Gasteiger partial charge < -0.3 is 15.8 Å². The van der Waals surface area contributed by atoms with Crippen molar-refractivity contribution in [3.8, 4) is 5.75 Å². The maximum Gasteiger partial charge on any atom is 0.193 e. The third kappa shape index (κ3) is 3.03. The minimum absolute atomic E-state index is 0.372. The lowest BCUT2D eigenvalue weighted by Crippen LogP contribution is -2.23. The van der Waals surface area contributed by atoms with Gasteiger partial charge in [0.1, 0.15) is 5.75 Å². The first-order valence-electron chi connectivity index (χ1n) is 5.54. The van der Waals surface area contributed by atoms with Gasteiger partial charge >= 0.3 is 0 Å². The number of hydrogen-bond donors (Lipinski definition) is 2. The zero-order valence-electron chi connectivity index (χ0n) is 9.90. The Morgan fingerprint density at radius 3 is 2.82 bits per heavy atom.